The second-order valence-electron chi connectivity index (χ2n) is 3.76. The fourth-order valence-corrected chi connectivity index (χ4v) is 1.52. The summed E-state index contributed by atoms with van der Waals surface area (Å²) in [6.45, 7) is 2.08. The van der Waals surface area contributed by atoms with Crippen molar-refractivity contribution < 1.29 is 28.2 Å². The van der Waals surface area contributed by atoms with E-state index in [4.69, 9.17) is 10.2 Å². The van der Waals surface area contributed by atoms with Crippen LogP contribution < -0.4 is 0 Å². The molecular formula is C12H15NO6S. The molecule has 8 heteroatoms. The lowest BCUT2D eigenvalue weighted by molar-refractivity contribution is -0.139. The van der Waals surface area contributed by atoms with Gasteiger partial charge in [-0.3, -0.25) is 4.79 Å². The molecule has 0 spiro atoms. The van der Waals surface area contributed by atoms with Crippen LogP contribution in [0.4, 0.5) is 0 Å². The average Bonchev–Trinajstić information content (AvgIpc) is 2.35. The molecule has 0 amide bonds. The molecule has 0 unspecified atom stereocenters. The summed E-state index contributed by atoms with van der Waals surface area (Å²) in [5.74, 6) is -2.65. The number of carboxylic acid groups (broad SMARTS) is 2. The van der Waals surface area contributed by atoms with Gasteiger partial charge in [0, 0.05) is 6.42 Å². The van der Waals surface area contributed by atoms with Crippen LogP contribution in [-0.4, -0.2) is 36.6 Å². The molecule has 0 saturated carbocycles. The zero-order valence-electron chi connectivity index (χ0n) is 10.8. The molecule has 1 atom stereocenters. The van der Waals surface area contributed by atoms with Gasteiger partial charge >= 0.3 is 22.4 Å². The van der Waals surface area contributed by atoms with E-state index in [2.05, 4.69) is 23.4 Å². The third kappa shape index (κ3) is 9.77. The summed E-state index contributed by atoms with van der Waals surface area (Å²) in [7, 11) is -2.83. The van der Waals surface area contributed by atoms with Gasteiger partial charge in [0.25, 0.3) is 0 Å². The van der Waals surface area contributed by atoms with Crippen LogP contribution in [0, 0.1) is 6.92 Å². The molecule has 7 nitrogen and oxygen atoms in total. The molecule has 0 aliphatic carbocycles. The molecule has 20 heavy (non-hydrogen) atoms. The highest BCUT2D eigenvalue weighted by atomic mass is 32.2. The second-order valence-corrected chi connectivity index (χ2v) is 4.41. The number of hydrogen-bond acceptors (Lipinski definition) is 5. The second kappa shape index (κ2) is 9.68. The molecule has 0 aliphatic rings. The zero-order chi connectivity index (χ0) is 15.5. The lowest BCUT2D eigenvalue weighted by atomic mass is 10.2. The van der Waals surface area contributed by atoms with Crippen LogP contribution in [0.5, 0.6) is 0 Å². The molecule has 0 fully saturated rings. The highest BCUT2D eigenvalue weighted by Crippen LogP contribution is 2.02. The van der Waals surface area contributed by atoms with Crippen molar-refractivity contribution in [2.45, 2.75) is 25.8 Å². The van der Waals surface area contributed by atoms with Crippen LogP contribution in [0.3, 0.4) is 0 Å². The van der Waals surface area contributed by atoms with E-state index < -0.39 is 34.9 Å². The van der Waals surface area contributed by atoms with E-state index >= 15 is 0 Å². The van der Waals surface area contributed by atoms with Gasteiger partial charge in [-0.05, 0) is 13.3 Å². The fourth-order valence-electron chi connectivity index (χ4n) is 1.12. The first kappa shape index (κ1) is 17.8. The van der Waals surface area contributed by atoms with Crippen molar-refractivity contribution in [3.05, 3.63) is 35.9 Å². The number of aliphatic carboxylic acids is 2. The minimum absolute atomic E-state index is 0.335. The van der Waals surface area contributed by atoms with Crippen molar-refractivity contribution in [1.29, 1.82) is 0 Å². The van der Waals surface area contributed by atoms with E-state index in [9.17, 15) is 18.0 Å². The summed E-state index contributed by atoms with van der Waals surface area (Å²) >= 11 is 0. The summed E-state index contributed by atoms with van der Waals surface area (Å²) < 4.78 is 22.8. The van der Waals surface area contributed by atoms with Crippen molar-refractivity contribution in [2.75, 3.05) is 0 Å². The quantitative estimate of drug-likeness (QED) is 0.847. The molecule has 0 aromatic heterocycles. The first-order valence-electron chi connectivity index (χ1n) is 5.59. The summed E-state index contributed by atoms with van der Waals surface area (Å²) in [5.41, 5.74) is 1.32. The van der Waals surface area contributed by atoms with Crippen molar-refractivity contribution in [3.8, 4) is 0 Å². The average molecular weight is 301 g/mol. The minimum Gasteiger partial charge on any atom is -0.481 e. The maximum atomic E-state index is 10.3. The minimum atomic E-state index is -2.83. The first-order valence-corrected chi connectivity index (χ1v) is 6.62. The summed E-state index contributed by atoms with van der Waals surface area (Å²) in [6, 6.07) is 8.76. The Kier molecular flexibility index (Phi) is 8.60. The number of nitrogens with zero attached hydrogens (tertiary/aromatic N) is 1. The van der Waals surface area contributed by atoms with Crippen molar-refractivity contribution in [3.63, 3.8) is 0 Å². The Morgan fingerprint density at radius 3 is 2.05 bits per heavy atom. The topological polar surface area (TPSA) is 121 Å². The van der Waals surface area contributed by atoms with Crippen LogP contribution in [0.15, 0.2) is 34.7 Å². The van der Waals surface area contributed by atoms with Gasteiger partial charge in [-0.2, -0.15) is 12.8 Å². The molecule has 110 valence electrons. The van der Waals surface area contributed by atoms with E-state index in [1.165, 1.54) is 5.56 Å². The van der Waals surface area contributed by atoms with Gasteiger partial charge in [0.2, 0.25) is 0 Å². The van der Waals surface area contributed by atoms with Crippen LogP contribution in [0.1, 0.15) is 18.4 Å². The third-order valence-electron chi connectivity index (χ3n) is 2.07. The molecule has 0 heterocycles. The van der Waals surface area contributed by atoms with E-state index in [0.717, 1.165) is 0 Å². The lowest BCUT2D eigenvalue weighted by Crippen LogP contribution is -2.18. The standard InChI is InChI=1S/C7H8.C5H7NO6S/c1-7-5-3-2-4-6-7;7-4(8)2-1-3(5(9)10)6-13(11)12/h2-6H,1H3;3H,1-2H2,(H,7,8)(H,9,10)/t;3-/m.0/s1. The first-order chi connectivity index (χ1) is 9.32. The molecule has 0 radical (unpaired) electrons. The monoisotopic (exact) mass is 301 g/mol. The van der Waals surface area contributed by atoms with Crippen LogP contribution in [0.25, 0.3) is 0 Å². The molecule has 2 N–H and O–H groups in total. The predicted octanol–water partition coefficient (Wildman–Crippen LogP) is 1.36. The molecular weight excluding hydrogens is 286 g/mol. The highest BCUT2D eigenvalue weighted by Gasteiger charge is 2.17. The van der Waals surface area contributed by atoms with Gasteiger partial charge in [-0.1, -0.05) is 35.9 Å². The normalized spacial score (nSPS) is 10.7. The van der Waals surface area contributed by atoms with E-state index in [-0.39, 0.29) is 6.42 Å². The maximum absolute atomic E-state index is 10.3. The molecule has 0 saturated heterocycles. The Bertz CT molecular complexity index is 559. The maximum Gasteiger partial charge on any atom is 0.329 e. The predicted molar refractivity (Wildman–Crippen MR) is 70.8 cm³/mol. The summed E-state index contributed by atoms with van der Waals surface area (Å²) in [5, 5.41) is 16.6. The Hall–Kier alpha value is -2.22. The largest absolute Gasteiger partial charge is 0.481 e. The number of aryl methyl sites for hydroxylation is 1. The van der Waals surface area contributed by atoms with Gasteiger partial charge in [-0.15, -0.1) is 0 Å². The smallest absolute Gasteiger partial charge is 0.329 e. The summed E-state index contributed by atoms with van der Waals surface area (Å²) in [6.07, 6.45) is -0.768. The van der Waals surface area contributed by atoms with Crippen molar-refractivity contribution >= 4 is 22.4 Å². The Morgan fingerprint density at radius 1 is 1.20 bits per heavy atom. The van der Waals surface area contributed by atoms with Crippen LogP contribution in [0.2, 0.25) is 0 Å². The molecule has 1 rings (SSSR count). The molecule has 0 bridgehead atoms. The molecule has 1 aromatic rings. The van der Waals surface area contributed by atoms with Crippen LogP contribution >= 0.6 is 0 Å². The Balaban J connectivity index is 0.000000428. The third-order valence-corrected chi connectivity index (χ3v) is 2.50. The number of carbonyl (C=O) groups is 2. The van der Waals surface area contributed by atoms with E-state index in [1.54, 1.807) is 0 Å². The highest BCUT2D eigenvalue weighted by molar-refractivity contribution is 7.61. The number of rotatable bonds is 5. The van der Waals surface area contributed by atoms with Gasteiger partial charge < -0.3 is 10.2 Å². The SMILES string of the molecule is Cc1ccccc1.O=C(O)CC[C@H](N=S(=O)=O)C(=O)O. The van der Waals surface area contributed by atoms with Gasteiger partial charge in [-0.25, -0.2) is 4.79 Å². The van der Waals surface area contributed by atoms with E-state index in [0.29, 0.717) is 0 Å². The number of hydrogen-bond donors (Lipinski definition) is 2. The Morgan fingerprint density at radius 2 is 1.75 bits per heavy atom. The summed E-state index contributed by atoms with van der Waals surface area (Å²) in [4.78, 5) is 20.3. The van der Waals surface area contributed by atoms with Gasteiger partial charge in [0.1, 0.15) is 0 Å². The van der Waals surface area contributed by atoms with Crippen molar-refractivity contribution in [1.82, 2.24) is 0 Å². The number of carboxylic acids is 2. The van der Waals surface area contributed by atoms with E-state index in [1.807, 2.05) is 18.2 Å². The zero-order valence-corrected chi connectivity index (χ0v) is 11.6. The Labute approximate surface area is 117 Å². The number of benzene rings is 1. The molecule has 1 aromatic carbocycles. The molecule has 0 aliphatic heterocycles. The fraction of sp³-hybridized carbons (Fsp3) is 0.333. The van der Waals surface area contributed by atoms with Gasteiger partial charge in [0.05, 0.1) is 0 Å². The lowest BCUT2D eigenvalue weighted by Gasteiger charge is -2.00. The van der Waals surface area contributed by atoms with Crippen molar-refractivity contribution in [2.24, 2.45) is 4.36 Å². The van der Waals surface area contributed by atoms with Crippen LogP contribution in [-0.2, 0) is 20.1 Å². The van der Waals surface area contributed by atoms with Gasteiger partial charge in [0.15, 0.2) is 6.04 Å².